The van der Waals surface area contributed by atoms with Crippen LogP contribution >= 0.6 is 0 Å². The first-order valence-corrected chi connectivity index (χ1v) is 10.2. The van der Waals surface area contributed by atoms with E-state index in [9.17, 15) is 9.59 Å². The molecule has 1 N–H and O–H groups in total. The summed E-state index contributed by atoms with van der Waals surface area (Å²) < 4.78 is 5.24. The number of benzene rings is 2. The van der Waals surface area contributed by atoms with Gasteiger partial charge in [-0.15, -0.1) is 0 Å². The Morgan fingerprint density at radius 2 is 1.41 bits per heavy atom. The molecule has 0 fully saturated rings. The molecule has 0 aliphatic carbocycles. The molecule has 0 aliphatic rings. The molecule has 0 aromatic heterocycles. The summed E-state index contributed by atoms with van der Waals surface area (Å²) in [6, 6.07) is 13.4. The van der Waals surface area contributed by atoms with Gasteiger partial charge in [-0.3, -0.25) is 4.79 Å². The van der Waals surface area contributed by atoms with Crippen molar-refractivity contribution in [3.8, 4) is 0 Å². The average Bonchev–Trinajstić information content (AvgIpc) is 2.65. The predicted octanol–water partition coefficient (Wildman–Crippen LogP) is 6.03. The fraction of sp³-hybridized carbons (Fsp3) is 0.440. The summed E-state index contributed by atoms with van der Waals surface area (Å²) in [6.45, 7) is 14.4. The number of anilines is 1. The van der Waals surface area contributed by atoms with Gasteiger partial charge in [-0.25, -0.2) is 4.79 Å². The number of nitrogens with one attached hydrogen (secondary N) is 1. The number of rotatable bonds is 6. The molecule has 29 heavy (non-hydrogen) atoms. The highest BCUT2D eigenvalue weighted by molar-refractivity contribution is 5.96. The lowest BCUT2D eigenvalue weighted by molar-refractivity contribution is -0.119. The highest BCUT2D eigenvalue weighted by atomic mass is 16.5. The molecule has 0 atom stereocenters. The van der Waals surface area contributed by atoms with Crippen LogP contribution in [0, 0.1) is 0 Å². The van der Waals surface area contributed by atoms with Crippen LogP contribution in [0.3, 0.4) is 0 Å². The second-order valence-electron chi connectivity index (χ2n) is 9.07. The topological polar surface area (TPSA) is 55.4 Å². The van der Waals surface area contributed by atoms with Crippen LogP contribution in [0.2, 0.25) is 0 Å². The molecule has 0 spiro atoms. The number of carbonyl (C=O) groups is 2. The van der Waals surface area contributed by atoms with Gasteiger partial charge in [0.1, 0.15) is 0 Å². The molecule has 1 amide bonds. The van der Waals surface area contributed by atoms with Crippen LogP contribution in [0.1, 0.15) is 87.4 Å². The van der Waals surface area contributed by atoms with Gasteiger partial charge in [0, 0.05) is 5.69 Å². The monoisotopic (exact) mass is 395 g/mol. The first-order valence-electron chi connectivity index (χ1n) is 10.2. The summed E-state index contributed by atoms with van der Waals surface area (Å²) in [7, 11) is 0. The van der Waals surface area contributed by atoms with Gasteiger partial charge in [0.2, 0.25) is 0 Å². The Bertz CT molecular complexity index is 832. The van der Waals surface area contributed by atoms with Gasteiger partial charge in [-0.2, -0.15) is 0 Å². The molecule has 0 bridgehead atoms. The summed E-state index contributed by atoms with van der Waals surface area (Å²) >= 11 is 0. The Hall–Kier alpha value is -2.62. The number of hydrogen-bond donors (Lipinski definition) is 1. The molecule has 4 nitrogen and oxygen atoms in total. The second kappa shape index (κ2) is 9.25. The largest absolute Gasteiger partial charge is 0.452 e. The van der Waals surface area contributed by atoms with Crippen LogP contribution in [0.5, 0.6) is 0 Å². The lowest BCUT2D eigenvalue weighted by Crippen LogP contribution is -2.22. The van der Waals surface area contributed by atoms with Crippen molar-refractivity contribution in [3.05, 3.63) is 64.7 Å². The third-order valence-electron chi connectivity index (χ3n) is 4.96. The minimum absolute atomic E-state index is 0.0141. The number of hydrogen-bond acceptors (Lipinski definition) is 3. The maximum Gasteiger partial charge on any atom is 0.338 e. The Labute approximate surface area is 174 Å². The summed E-state index contributed by atoms with van der Waals surface area (Å²) in [5.74, 6) is -0.290. The third-order valence-corrected chi connectivity index (χ3v) is 4.96. The lowest BCUT2D eigenvalue weighted by Gasteiger charge is -2.20. The van der Waals surface area contributed by atoms with E-state index in [-0.39, 0.29) is 29.8 Å². The predicted molar refractivity (Wildman–Crippen MR) is 119 cm³/mol. The fourth-order valence-electron chi connectivity index (χ4n) is 3.19. The molecule has 2 aromatic rings. The molecule has 0 heterocycles. The smallest absolute Gasteiger partial charge is 0.338 e. The van der Waals surface area contributed by atoms with E-state index in [1.54, 1.807) is 12.1 Å². The molecular formula is C25H33NO3. The number of amides is 1. The number of esters is 1. The first kappa shape index (κ1) is 22.7. The minimum Gasteiger partial charge on any atom is -0.452 e. The zero-order valence-corrected chi connectivity index (χ0v) is 18.6. The molecule has 2 rings (SSSR count). The minimum atomic E-state index is -0.498. The molecule has 156 valence electrons. The van der Waals surface area contributed by atoms with Gasteiger partial charge >= 0.3 is 5.97 Å². The second-order valence-corrected chi connectivity index (χ2v) is 9.07. The van der Waals surface area contributed by atoms with Crippen LogP contribution < -0.4 is 5.32 Å². The number of carbonyl (C=O) groups excluding carboxylic acids is 2. The first-order chi connectivity index (χ1) is 13.5. The normalized spacial score (nSPS) is 11.6. The number of para-hydroxylation sites is 1. The van der Waals surface area contributed by atoms with E-state index in [0.29, 0.717) is 5.56 Å². The lowest BCUT2D eigenvalue weighted by atomic mass is 9.87. The van der Waals surface area contributed by atoms with Crippen molar-refractivity contribution in [2.75, 3.05) is 11.9 Å². The average molecular weight is 396 g/mol. The van der Waals surface area contributed by atoms with Gasteiger partial charge in [0.15, 0.2) is 6.61 Å². The van der Waals surface area contributed by atoms with Gasteiger partial charge in [-0.05, 0) is 46.1 Å². The van der Waals surface area contributed by atoms with Crippen molar-refractivity contribution in [1.29, 1.82) is 0 Å². The van der Waals surface area contributed by atoms with Crippen molar-refractivity contribution in [2.24, 2.45) is 0 Å². The Morgan fingerprint density at radius 3 is 1.86 bits per heavy atom. The third kappa shape index (κ3) is 5.93. The van der Waals surface area contributed by atoms with E-state index in [1.807, 2.05) is 30.3 Å². The molecule has 0 unspecified atom stereocenters. The van der Waals surface area contributed by atoms with E-state index < -0.39 is 5.97 Å². The molecule has 0 radical (unpaired) electrons. The maximum atomic E-state index is 12.5. The van der Waals surface area contributed by atoms with Crippen molar-refractivity contribution in [2.45, 2.75) is 65.7 Å². The zero-order valence-electron chi connectivity index (χ0n) is 18.6. The van der Waals surface area contributed by atoms with Crippen LogP contribution in [0.25, 0.3) is 0 Å². The van der Waals surface area contributed by atoms with Crippen LogP contribution in [0.4, 0.5) is 5.69 Å². The van der Waals surface area contributed by atoms with E-state index in [2.05, 4.69) is 53.8 Å². The van der Waals surface area contributed by atoms with Gasteiger partial charge in [-0.1, -0.05) is 78.8 Å². The van der Waals surface area contributed by atoms with Crippen LogP contribution in [-0.2, 0) is 14.9 Å². The summed E-state index contributed by atoms with van der Waals surface area (Å²) in [4.78, 5) is 24.8. The highest BCUT2D eigenvalue weighted by Gasteiger charge is 2.18. The zero-order chi connectivity index (χ0) is 21.8. The fourth-order valence-corrected chi connectivity index (χ4v) is 3.19. The van der Waals surface area contributed by atoms with Crippen molar-refractivity contribution >= 4 is 17.6 Å². The highest BCUT2D eigenvalue weighted by Crippen LogP contribution is 2.32. The summed E-state index contributed by atoms with van der Waals surface area (Å²) in [5, 5.41) is 2.96. The Morgan fingerprint density at radius 1 is 0.897 bits per heavy atom. The SMILES string of the molecule is CC(C)c1cccc(C(C)C)c1NC(=O)COC(=O)c1ccc(C(C)(C)C)cc1. The van der Waals surface area contributed by atoms with Gasteiger partial charge in [0.25, 0.3) is 5.91 Å². The Balaban J connectivity index is 2.06. The standard InChI is InChI=1S/C25H33NO3/c1-16(2)20-9-8-10-21(17(3)4)23(20)26-22(27)15-29-24(28)18-11-13-19(14-12-18)25(5,6)7/h8-14,16-17H,15H2,1-7H3,(H,26,27). The molecule has 0 saturated carbocycles. The van der Waals surface area contributed by atoms with Gasteiger partial charge in [0.05, 0.1) is 5.56 Å². The summed E-state index contributed by atoms with van der Waals surface area (Å²) in [5.41, 5.74) is 4.57. The quantitative estimate of drug-likeness (QED) is 0.608. The molecule has 0 aliphatic heterocycles. The molecule has 2 aromatic carbocycles. The van der Waals surface area contributed by atoms with Crippen molar-refractivity contribution in [3.63, 3.8) is 0 Å². The maximum absolute atomic E-state index is 12.5. The Kier molecular flexibility index (Phi) is 7.23. The summed E-state index contributed by atoms with van der Waals surface area (Å²) in [6.07, 6.45) is 0. The van der Waals surface area contributed by atoms with E-state index in [0.717, 1.165) is 22.4 Å². The van der Waals surface area contributed by atoms with E-state index >= 15 is 0 Å². The van der Waals surface area contributed by atoms with Crippen molar-refractivity contribution < 1.29 is 14.3 Å². The van der Waals surface area contributed by atoms with Gasteiger partial charge < -0.3 is 10.1 Å². The molecule has 4 heteroatoms. The van der Waals surface area contributed by atoms with Crippen LogP contribution in [0.15, 0.2) is 42.5 Å². The van der Waals surface area contributed by atoms with E-state index in [1.165, 1.54) is 0 Å². The number of ether oxygens (including phenoxy) is 1. The van der Waals surface area contributed by atoms with Crippen LogP contribution in [-0.4, -0.2) is 18.5 Å². The molecular weight excluding hydrogens is 362 g/mol. The van der Waals surface area contributed by atoms with Crippen molar-refractivity contribution in [1.82, 2.24) is 0 Å². The molecule has 0 saturated heterocycles. The van der Waals surface area contributed by atoms with E-state index in [4.69, 9.17) is 4.74 Å².